The van der Waals surface area contributed by atoms with Crippen molar-refractivity contribution >= 4 is 63.7 Å². The number of methoxy groups -OCH3 is 1. The summed E-state index contributed by atoms with van der Waals surface area (Å²) in [5.74, 6) is 0.472. The van der Waals surface area contributed by atoms with Gasteiger partial charge in [-0.25, -0.2) is 23.8 Å². The monoisotopic (exact) mass is 1170 g/mol. The van der Waals surface area contributed by atoms with E-state index in [0.29, 0.717) is 92.5 Å². The largest absolute Gasteiger partial charge is 0.467 e. The van der Waals surface area contributed by atoms with Crippen LogP contribution in [0.5, 0.6) is 5.75 Å². The molecule has 85 heavy (non-hydrogen) atoms. The first-order chi connectivity index (χ1) is 40.6. The summed E-state index contributed by atoms with van der Waals surface area (Å²) < 4.78 is 41.3. The van der Waals surface area contributed by atoms with Crippen molar-refractivity contribution < 1.29 is 47.6 Å². The summed E-state index contributed by atoms with van der Waals surface area (Å²) in [5, 5.41) is 24.9. The van der Waals surface area contributed by atoms with E-state index >= 15 is 4.39 Å². The molecule has 3 aromatic heterocycles. The standard InChI is InChI=1S/C64H82FN11O9/c1-61(2,3)84-59(79)76(60(80)85-62(4,5)6)57-53(34-51(68-69-57)47-10-8-9-11-54(47)83-40-82-7)72-36-44-14-15-45(37-72)75(44)43-16-17-50(65)52(33-43)71-30-25-64(81,26-31-71)39-70-28-23-63(24-29-70)21-18-42(19-22-63)74-38-49(41-12-13-41)48-32-46(35-66-56(48)74)73-27-20-55(77)67-58(73)78/h8-11,16-17,32-35,38,41-42,44-45,81H,12-15,18-31,36-37,39-40H2,1-7H3,(H,67,77,78). The molecule has 2 atom stereocenters. The molecule has 0 radical (unpaired) electrons. The van der Waals surface area contributed by atoms with E-state index < -0.39 is 35.0 Å². The molecule has 8 heterocycles. The summed E-state index contributed by atoms with van der Waals surface area (Å²) in [6.07, 6.45) is 14.3. The molecule has 7 fully saturated rings. The quantitative estimate of drug-likeness (QED) is 0.105. The number of para-hydroxylation sites is 1. The Morgan fingerprint density at radius 3 is 2.09 bits per heavy atom. The molecule has 12 rings (SSSR count). The smallest absolute Gasteiger partial charge is 0.425 e. The number of hydrogen-bond acceptors (Lipinski definition) is 16. The molecule has 5 amide bonds. The van der Waals surface area contributed by atoms with Crippen molar-refractivity contribution in [1.29, 1.82) is 0 Å². The first-order valence-corrected chi connectivity index (χ1v) is 30.6. The Labute approximate surface area is 496 Å². The van der Waals surface area contributed by atoms with Gasteiger partial charge in [-0.05, 0) is 191 Å². The van der Waals surface area contributed by atoms with E-state index in [0.717, 1.165) is 105 Å². The minimum absolute atomic E-state index is 0.00865. The molecule has 20 nitrogen and oxygen atoms in total. The number of aliphatic hydroxyl groups is 1. The van der Waals surface area contributed by atoms with Crippen molar-refractivity contribution in [3.05, 3.63) is 78.4 Å². The van der Waals surface area contributed by atoms with E-state index in [1.807, 2.05) is 42.5 Å². The molecule has 2 saturated carbocycles. The number of hydrogen-bond donors (Lipinski definition) is 2. The van der Waals surface area contributed by atoms with Gasteiger partial charge in [0, 0.05) is 93.8 Å². The number of carbonyl (C=O) groups is 4. The van der Waals surface area contributed by atoms with Gasteiger partial charge in [-0.1, -0.05) is 12.1 Å². The lowest BCUT2D eigenvalue weighted by atomic mass is 9.66. The van der Waals surface area contributed by atoms with E-state index in [1.54, 1.807) is 65.8 Å². The number of pyridine rings is 1. The molecule has 7 aliphatic rings. The SMILES string of the molecule is COCOc1ccccc1-c1cc(N2CC3CCC(C2)N3c2ccc(F)c(N3CCC(O)(CN4CCC5(CCC(n6cc(C7CC7)c7cc(N8CCC(=O)NC8=O)cnc76)CC5)CC4)CC3)c2)c(N(C(=O)OC(C)(C)C)C(=O)OC(C)(C)C)nn1. The molecular formula is C64H82FN11O9. The zero-order valence-corrected chi connectivity index (χ0v) is 50.3. The molecule has 2 N–H and O–H groups in total. The van der Waals surface area contributed by atoms with Gasteiger partial charge in [0.25, 0.3) is 0 Å². The lowest BCUT2D eigenvalue weighted by molar-refractivity contribution is -0.120. The third-order valence-electron chi connectivity index (χ3n) is 18.6. The lowest BCUT2D eigenvalue weighted by Gasteiger charge is -2.48. The number of amides is 5. The highest BCUT2D eigenvalue weighted by atomic mass is 19.1. The topological polar surface area (TPSA) is 200 Å². The van der Waals surface area contributed by atoms with Gasteiger partial charge in [-0.15, -0.1) is 10.2 Å². The van der Waals surface area contributed by atoms with Crippen molar-refractivity contribution in [3.8, 4) is 17.0 Å². The van der Waals surface area contributed by atoms with Gasteiger partial charge >= 0.3 is 18.2 Å². The Morgan fingerprint density at radius 2 is 1.45 bits per heavy atom. The number of nitrogens with one attached hydrogen (secondary N) is 1. The summed E-state index contributed by atoms with van der Waals surface area (Å²) in [6, 6.07) is 16.7. The van der Waals surface area contributed by atoms with E-state index in [2.05, 4.69) is 51.9 Å². The van der Waals surface area contributed by atoms with Crippen LogP contribution in [0.4, 0.5) is 47.3 Å². The maximum atomic E-state index is 16.1. The van der Waals surface area contributed by atoms with Crippen molar-refractivity contribution in [3.63, 3.8) is 0 Å². The van der Waals surface area contributed by atoms with Crippen LogP contribution in [0.3, 0.4) is 0 Å². The molecule has 2 bridgehead atoms. The highest BCUT2D eigenvalue weighted by Crippen LogP contribution is 2.51. The first kappa shape index (κ1) is 58.3. The second-order valence-corrected chi connectivity index (χ2v) is 26.9. The minimum atomic E-state index is -0.950. The molecule has 1 spiro atoms. The summed E-state index contributed by atoms with van der Waals surface area (Å²) >= 11 is 0. The molecule has 5 aliphatic heterocycles. The molecule has 2 unspecified atom stereocenters. The van der Waals surface area contributed by atoms with Crippen LogP contribution < -0.4 is 34.6 Å². The zero-order chi connectivity index (χ0) is 59.6. The second-order valence-electron chi connectivity index (χ2n) is 26.9. The zero-order valence-electron chi connectivity index (χ0n) is 50.3. The molecule has 5 saturated heterocycles. The van der Waals surface area contributed by atoms with Gasteiger partial charge in [0.2, 0.25) is 5.91 Å². The number of halogens is 1. The number of nitrogens with zero attached hydrogens (tertiary/aromatic N) is 10. The third-order valence-corrected chi connectivity index (χ3v) is 18.6. The van der Waals surface area contributed by atoms with E-state index in [1.165, 1.54) is 5.56 Å². The van der Waals surface area contributed by atoms with E-state index in [4.69, 9.17) is 23.9 Å². The maximum Gasteiger partial charge on any atom is 0.425 e. The lowest BCUT2D eigenvalue weighted by Crippen LogP contribution is -2.55. The normalized spacial score (nSPS) is 22.0. The highest BCUT2D eigenvalue weighted by Gasteiger charge is 2.46. The fourth-order valence-corrected chi connectivity index (χ4v) is 14.1. The average molecular weight is 1170 g/mol. The third kappa shape index (κ3) is 12.4. The van der Waals surface area contributed by atoms with Crippen molar-refractivity contribution in [1.82, 2.24) is 30.0 Å². The number of anilines is 5. The summed E-state index contributed by atoms with van der Waals surface area (Å²) in [4.78, 5) is 69.4. The Bertz CT molecular complexity index is 3290. The number of β-amino-alcohol motifs (C(OH)–C–C–N with tert-alkyl or cyclic N) is 1. The Morgan fingerprint density at radius 1 is 0.765 bits per heavy atom. The number of fused-ring (bicyclic) bond motifs is 3. The van der Waals surface area contributed by atoms with E-state index in [-0.39, 0.29) is 48.3 Å². The Balaban J connectivity index is 0.694. The number of likely N-dealkylation sites (tertiary alicyclic amines) is 1. The van der Waals surface area contributed by atoms with Crippen molar-refractivity contribution in [2.24, 2.45) is 5.41 Å². The van der Waals surface area contributed by atoms with E-state index in [9.17, 15) is 24.3 Å². The Hall–Kier alpha value is -7.10. The second kappa shape index (κ2) is 23.0. The van der Waals surface area contributed by atoms with Crippen LogP contribution in [0, 0.1) is 11.2 Å². The van der Waals surface area contributed by atoms with Crippen LogP contribution in [0.1, 0.15) is 143 Å². The van der Waals surface area contributed by atoms with Gasteiger partial charge in [-0.2, -0.15) is 4.90 Å². The molecule has 2 aliphatic carbocycles. The van der Waals surface area contributed by atoms with Crippen LogP contribution in [0.2, 0.25) is 0 Å². The van der Waals surface area contributed by atoms with Crippen LogP contribution in [-0.4, -0.2) is 149 Å². The average Bonchev–Trinajstić information content (AvgIpc) is 2.63. The van der Waals surface area contributed by atoms with Crippen molar-refractivity contribution in [2.75, 3.05) is 90.8 Å². The molecule has 454 valence electrons. The number of imide groups is 2. The van der Waals surface area contributed by atoms with Crippen LogP contribution in [0.15, 0.2) is 67.0 Å². The first-order valence-electron chi connectivity index (χ1n) is 30.6. The number of aromatic nitrogens is 4. The number of piperazine rings is 1. The molecular weight excluding hydrogens is 1090 g/mol. The van der Waals surface area contributed by atoms with Gasteiger partial charge in [0.15, 0.2) is 12.6 Å². The highest BCUT2D eigenvalue weighted by molar-refractivity contribution is 6.11. The number of rotatable bonds is 13. The van der Waals surface area contributed by atoms with Crippen LogP contribution >= 0.6 is 0 Å². The number of urea groups is 1. The predicted octanol–water partition coefficient (Wildman–Crippen LogP) is 10.7. The van der Waals surface area contributed by atoms with Gasteiger partial charge in [0.05, 0.1) is 34.6 Å². The summed E-state index contributed by atoms with van der Waals surface area (Å²) in [6.45, 7) is 15.3. The van der Waals surface area contributed by atoms with Gasteiger partial charge in [-0.3, -0.25) is 15.0 Å². The summed E-state index contributed by atoms with van der Waals surface area (Å²) in [5.41, 5.74) is 3.58. The fourth-order valence-electron chi connectivity index (χ4n) is 14.1. The molecule has 5 aromatic rings. The maximum absolute atomic E-state index is 16.1. The minimum Gasteiger partial charge on any atom is -0.467 e. The number of ether oxygens (including phenoxy) is 4. The van der Waals surface area contributed by atoms with Gasteiger partial charge < -0.3 is 48.2 Å². The van der Waals surface area contributed by atoms with Crippen LogP contribution in [0.25, 0.3) is 22.3 Å². The van der Waals surface area contributed by atoms with Crippen molar-refractivity contribution in [2.45, 2.75) is 166 Å². The predicted molar refractivity (Wildman–Crippen MR) is 322 cm³/mol. The Kier molecular flexibility index (Phi) is 15.7. The summed E-state index contributed by atoms with van der Waals surface area (Å²) in [7, 11) is 1.54. The fraction of sp³-hybridized carbons (Fsp3) is 0.578. The number of benzene rings is 2. The van der Waals surface area contributed by atoms with Gasteiger partial charge in [0.1, 0.15) is 28.4 Å². The molecule has 21 heteroatoms. The van der Waals surface area contributed by atoms with Crippen LogP contribution in [-0.2, 0) is 19.0 Å². The number of carbonyl (C=O) groups excluding carboxylic acids is 4. The molecule has 2 aromatic carbocycles. The number of piperidine rings is 2.